The molecule has 0 spiro atoms. The molecule has 3 atom stereocenters. The van der Waals surface area contributed by atoms with Crippen LogP contribution in [0.5, 0.6) is 0 Å². The smallest absolute Gasteiger partial charge is 0.0309 e. The van der Waals surface area contributed by atoms with Gasteiger partial charge in [-0.25, -0.2) is 0 Å². The molecule has 1 N–H and O–H groups in total. The van der Waals surface area contributed by atoms with Crippen LogP contribution in [-0.4, -0.2) is 35.6 Å². The van der Waals surface area contributed by atoms with Crippen LogP contribution in [0, 0.1) is 11.8 Å². The van der Waals surface area contributed by atoms with Gasteiger partial charge in [-0.2, -0.15) is 0 Å². The first-order chi connectivity index (χ1) is 7.92. The number of piperazine rings is 1. The van der Waals surface area contributed by atoms with Crippen LogP contribution >= 0.6 is 0 Å². The van der Waals surface area contributed by atoms with Gasteiger partial charge in [-0.3, -0.25) is 4.90 Å². The van der Waals surface area contributed by atoms with Crippen LogP contribution in [0.15, 0.2) is 0 Å². The van der Waals surface area contributed by atoms with Crippen LogP contribution in [0.25, 0.3) is 0 Å². The third kappa shape index (κ3) is 3.03. The molecular weight excluding hydrogens is 208 g/mol. The van der Waals surface area contributed by atoms with Crippen molar-refractivity contribution in [2.45, 2.75) is 71.5 Å². The van der Waals surface area contributed by atoms with Gasteiger partial charge in [0.05, 0.1) is 0 Å². The van der Waals surface area contributed by atoms with E-state index in [0.29, 0.717) is 11.6 Å². The van der Waals surface area contributed by atoms with Gasteiger partial charge in [0.15, 0.2) is 0 Å². The zero-order valence-corrected chi connectivity index (χ0v) is 12.3. The summed E-state index contributed by atoms with van der Waals surface area (Å²) in [5, 5.41) is 3.80. The van der Waals surface area contributed by atoms with E-state index in [1.54, 1.807) is 0 Å². The summed E-state index contributed by atoms with van der Waals surface area (Å²) < 4.78 is 0. The highest BCUT2D eigenvalue weighted by atomic mass is 15.3. The van der Waals surface area contributed by atoms with Crippen LogP contribution in [0.3, 0.4) is 0 Å². The molecule has 0 radical (unpaired) electrons. The van der Waals surface area contributed by atoms with E-state index >= 15 is 0 Å². The van der Waals surface area contributed by atoms with Crippen LogP contribution in [0.4, 0.5) is 0 Å². The van der Waals surface area contributed by atoms with Gasteiger partial charge in [-0.05, 0) is 51.9 Å². The first kappa shape index (κ1) is 13.4. The summed E-state index contributed by atoms with van der Waals surface area (Å²) in [6.07, 6.45) is 4.19. The summed E-state index contributed by atoms with van der Waals surface area (Å²) in [6.45, 7) is 14.3. The fourth-order valence-electron chi connectivity index (χ4n) is 3.49. The Morgan fingerprint density at radius 3 is 2.47 bits per heavy atom. The molecule has 0 aromatic carbocycles. The standard InChI is InChI=1S/C15H30N2/c1-11(2)8-12(3)17-10-15(5,14-6-7-14)16-9-13(17)4/h11-14,16H,6-10H2,1-5H3. The molecule has 0 aromatic rings. The molecule has 0 amide bonds. The Morgan fingerprint density at radius 2 is 1.94 bits per heavy atom. The molecule has 1 saturated heterocycles. The lowest BCUT2D eigenvalue weighted by Crippen LogP contribution is -2.65. The van der Waals surface area contributed by atoms with Gasteiger partial charge < -0.3 is 5.32 Å². The van der Waals surface area contributed by atoms with Gasteiger partial charge in [-0.1, -0.05) is 13.8 Å². The fraction of sp³-hybridized carbons (Fsp3) is 1.00. The molecule has 3 unspecified atom stereocenters. The van der Waals surface area contributed by atoms with E-state index in [1.165, 1.54) is 25.8 Å². The molecule has 0 bridgehead atoms. The van der Waals surface area contributed by atoms with Crippen molar-refractivity contribution in [3.05, 3.63) is 0 Å². The fourth-order valence-corrected chi connectivity index (χ4v) is 3.49. The normalized spacial score (nSPS) is 37.4. The third-order valence-corrected chi connectivity index (χ3v) is 4.74. The monoisotopic (exact) mass is 238 g/mol. The van der Waals surface area contributed by atoms with Crippen molar-refractivity contribution < 1.29 is 0 Å². The Labute approximate surface area is 107 Å². The maximum Gasteiger partial charge on any atom is 0.0309 e. The minimum Gasteiger partial charge on any atom is -0.308 e. The molecular formula is C15H30N2. The SMILES string of the molecule is CC(C)CC(C)N1CC(C)(C2CC2)NCC1C. The van der Waals surface area contributed by atoms with E-state index in [2.05, 4.69) is 44.8 Å². The largest absolute Gasteiger partial charge is 0.308 e. The Bertz CT molecular complexity index is 260. The van der Waals surface area contributed by atoms with Crippen molar-refractivity contribution in [2.24, 2.45) is 11.8 Å². The maximum atomic E-state index is 3.80. The van der Waals surface area contributed by atoms with E-state index in [0.717, 1.165) is 24.4 Å². The summed E-state index contributed by atoms with van der Waals surface area (Å²) in [7, 11) is 0. The molecule has 2 aliphatic rings. The Morgan fingerprint density at radius 1 is 1.29 bits per heavy atom. The second kappa shape index (κ2) is 4.89. The Balaban J connectivity index is 1.98. The van der Waals surface area contributed by atoms with Gasteiger partial charge in [0.25, 0.3) is 0 Å². The van der Waals surface area contributed by atoms with Crippen LogP contribution < -0.4 is 5.32 Å². The first-order valence-corrected chi connectivity index (χ1v) is 7.43. The summed E-state index contributed by atoms with van der Waals surface area (Å²) in [5.74, 6) is 1.74. The zero-order chi connectivity index (χ0) is 12.6. The molecule has 17 heavy (non-hydrogen) atoms. The van der Waals surface area contributed by atoms with Gasteiger partial charge in [-0.15, -0.1) is 0 Å². The lowest BCUT2D eigenvalue weighted by atomic mass is 9.89. The summed E-state index contributed by atoms with van der Waals surface area (Å²) >= 11 is 0. The van der Waals surface area contributed by atoms with Gasteiger partial charge >= 0.3 is 0 Å². The van der Waals surface area contributed by atoms with Gasteiger partial charge in [0.1, 0.15) is 0 Å². The number of hydrogen-bond donors (Lipinski definition) is 1. The average Bonchev–Trinajstić information content (AvgIpc) is 3.04. The summed E-state index contributed by atoms with van der Waals surface area (Å²) in [5.41, 5.74) is 0.387. The molecule has 2 heteroatoms. The van der Waals surface area contributed by atoms with Crippen LogP contribution in [-0.2, 0) is 0 Å². The van der Waals surface area contributed by atoms with Crippen molar-refractivity contribution in [3.8, 4) is 0 Å². The van der Waals surface area contributed by atoms with Crippen molar-refractivity contribution in [3.63, 3.8) is 0 Å². The van der Waals surface area contributed by atoms with E-state index in [4.69, 9.17) is 0 Å². The van der Waals surface area contributed by atoms with E-state index in [-0.39, 0.29) is 0 Å². The Kier molecular flexibility index (Phi) is 3.84. The summed E-state index contributed by atoms with van der Waals surface area (Å²) in [4.78, 5) is 2.74. The highest BCUT2D eigenvalue weighted by Crippen LogP contribution is 2.41. The van der Waals surface area contributed by atoms with E-state index in [9.17, 15) is 0 Å². The second-order valence-corrected chi connectivity index (χ2v) is 7.07. The number of nitrogens with one attached hydrogen (secondary N) is 1. The second-order valence-electron chi connectivity index (χ2n) is 7.07. The van der Waals surface area contributed by atoms with Crippen molar-refractivity contribution in [1.29, 1.82) is 0 Å². The molecule has 2 nitrogen and oxygen atoms in total. The van der Waals surface area contributed by atoms with Crippen LogP contribution in [0.1, 0.15) is 53.9 Å². The molecule has 1 saturated carbocycles. The maximum absolute atomic E-state index is 3.80. The number of rotatable bonds is 4. The molecule has 2 fully saturated rings. The van der Waals surface area contributed by atoms with Gasteiger partial charge in [0.2, 0.25) is 0 Å². The molecule has 1 aliphatic carbocycles. The quantitative estimate of drug-likeness (QED) is 0.810. The van der Waals surface area contributed by atoms with Crippen molar-refractivity contribution >= 4 is 0 Å². The topological polar surface area (TPSA) is 15.3 Å². The molecule has 1 aliphatic heterocycles. The lowest BCUT2D eigenvalue weighted by Gasteiger charge is -2.48. The zero-order valence-electron chi connectivity index (χ0n) is 12.3. The average molecular weight is 238 g/mol. The third-order valence-electron chi connectivity index (χ3n) is 4.74. The first-order valence-electron chi connectivity index (χ1n) is 7.43. The van der Waals surface area contributed by atoms with E-state index in [1.807, 2.05) is 0 Å². The predicted molar refractivity (Wildman–Crippen MR) is 74.2 cm³/mol. The predicted octanol–water partition coefficient (Wildman–Crippen LogP) is 2.88. The molecule has 0 aromatic heterocycles. The number of hydrogen-bond acceptors (Lipinski definition) is 2. The summed E-state index contributed by atoms with van der Waals surface area (Å²) in [6, 6.07) is 1.42. The Hall–Kier alpha value is -0.0800. The van der Waals surface area contributed by atoms with E-state index < -0.39 is 0 Å². The minimum atomic E-state index is 0.387. The highest BCUT2D eigenvalue weighted by Gasteiger charge is 2.45. The molecule has 2 rings (SSSR count). The van der Waals surface area contributed by atoms with Crippen molar-refractivity contribution in [2.75, 3.05) is 13.1 Å². The molecule has 100 valence electrons. The highest BCUT2D eigenvalue weighted by molar-refractivity contribution is 5.04. The van der Waals surface area contributed by atoms with Crippen molar-refractivity contribution in [1.82, 2.24) is 10.2 Å². The van der Waals surface area contributed by atoms with Gasteiger partial charge in [0, 0.05) is 30.7 Å². The minimum absolute atomic E-state index is 0.387. The lowest BCUT2D eigenvalue weighted by molar-refractivity contribution is 0.0448. The number of nitrogens with zero attached hydrogens (tertiary/aromatic N) is 1. The van der Waals surface area contributed by atoms with Crippen LogP contribution in [0.2, 0.25) is 0 Å². The molecule has 1 heterocycles.